The van der Waals surface area contributed by atoms with E-state index in [-0.39, 0.29) is 75.5 Å². The van der Waals surface area contributed by atoms with Crippen molar-refractivity contribution >= 4 is 0 Å². The van der Waals surface area contributed by atoms with Crippen LogP contribution in [-0.4, -0.2) is 16.4 Å². The SMILES string of the molecule is O.O.[C-]#N.[Na+].[O-2].[O-2].[OH-].[V]. The summed E-state index contributed by atoms with van der Waals surface area (Å²) < 4.78 is 0. The summed E-state index contributed by atoms with van der Waals surface area (Å²) >= 11 is 0. The summed E-state index contributed by atoms with van der Waals surface area (Å²) in [6, 6.07) is 0. The van der Waals surface area contributed by atoms with E-state index in [2.05, 4.69) is 0 Å². The first-order valence-corrected chi connectivity index (χ1v) is 0.224. The van der Waals surface area contributed by atoms with Crippen molar-refractivity contribution in [2.75, 3.05) is 0 Å². The predicted octanol–water partition coefficient (Wildman–Crippen LogP) is -4.97. The van der Waals surface area contributed by atoms with Gasteiger partial charge in [-0.25, -0.2) is 0 Å². The molecular formula is CH5NNaO5V-5. The summed E-state index contributed by atoms with van der Waals surface area (Å²) in [5.74, 6) is 0. The topological polar surface area (TPSA) is 174 Å². The minimum Gasteiger partial charge on any atom is -2.00 e. The van der Waals surface area contributed by atoms with Gasteiger partial charge in [-0.15, -0.1) is 0 Å². The first-order chi connectivity index (χ1) is 1.00. The number of hydrogen-bond acceptors (Lipinski definition) is 2. The van der Waals surface area contributed by atoms with Gasteiger partial charge >= 0.3 is 29.6 Å². The molecule has 1 radical (unpaired) electrons. The zero-order valence-corrected chi connectivity index (χ0v) is 8.05. The van der Waals surface area contributed by atoms with E-state index in [0.29, 0.717) is 0 Å². The molecule has 0 bridgehead atoms. The average molecular weight is 185 g/mol. The molecule has 0 aliphatic heterocycles. The molecule has 0 aliphatic carbocycles. The molecule has 5 N–H and O–H groups in total. The Morgan fingerprint density at radius 2 is 0.889 bits per heavy atom. The van der Waals surface area contributed by atoms with Crippen LogP contribution in [0.25, 0.3) is 0 Å². The van der Waals surface area contributed by atoms with Gasteiger partial charge in [-0.05, 0) is 0 Å². The van der Waals surface area contributed by atoms with Gasteiger partial charge in [0.05, 0.1) is 0 Å². The maximum Gasteiger partial charge on any atom is 1.00 e. The molecule has 0 amide bonds. The van der Waals surface area contributed by atoms with Crippen molar-refractivity contribution in [3.05, 3.63) is 6.57 Å². The molecule has 0 unspecified atom stereocenters. The predicted molar refractivity (Wildman–Crippen MR) is 15.5 cm³/mol. The van der Waals surface area contributed by atoms with Crippen LogP contribution in [0.2, 0.25) is 0 Å². The van der Waals surface area contributed by atoms with E-state index >= 15 is 0 Å². The molecule has 0 rings (SSSR count). The van der Waals surface area contributed by atoms with Crippen LogP contribution in [0.5, 0.6) is 0 Å². The molecular weight excluding hydrogens is 180 g/mol. The van der Waals surface area contributed by atoms with E-state index in [0.717, 1.165) is 0 Å². The van der Waals surface area contributed by atoms with Crippen molar-refractivity contribution in [3.8, 4) is 0 Å². The smallest absolute Gasteiger partial charge is 1.00 e. The molecule has 0 spiro atoms. The zero-order valence-electron chi connectivity index (χ0n) is 4.66. The molecule has 0 saturated carbocycles. The molecule has 0 saturated heterocycles. The van der Waals surface area contributed by atoms with Crippen molar-refractivity contribution in [2.24, 2.45) is 0 Å². The van der Waals surface area contributed by atoms with Gasteiger partial charge in [-0.1, -0.05) is 0 Å². The van der Waals surface area contributed by atoms with Crippen LogP contribution in [0.4, 0.5) is 0 Å². The summed E-state index contributed by atoms with van der Waals surface area (Å²) in [5.41, 5.74) is 0. The van der Waals surface area contributed by atoms with E-state index in [9.17, 15) is 0 Å². The van der Waals surface area contributed by atoms with Crippen LogP contribution in [0.1, 0.15) is 0 Å². The van der Waals surface area contributed by atoms with Crippen LogP contribution in [-0.2, 0) is 29.5 Å². The molecule has 8 heteroatoms. The van der Waals surface area contributed by atoms with Crippen LogP contribution in [0.3, 0.4) is 0 Å². The van der Waals surface area contributed by atoms with E-state index in [1.54, 1.807) is 0 Å². The van der Waals surface area contributed by atoms with Crippen LogP contribution >= 0.6 is 0 Å². The van der Waals surface area contributed by atoms with Gasteiger partial charge in [0.2, 0.25) is 0 Å². The van der Waals surface area contributed by atoms with E-state index < -0.39 is 0 Å². The van der Waals surface area contributed by atoms with Crippen molar-refractivity contribution in [2.45, 2.75) is 0 Å². The minimum absolute atomic E-state index is 0. The minimum atomic E-state index is 0. The summed E-state index contributed by atoms with van der Waals surface area (Å²) in [5, 5.41) is 6.25. The molecule has 0 heterocycles. The van der Waals surface area contributed by atoms with Gasteiger partial charge in [0.25, 0.3) is 0 Å². The maximum absolute atomic E-state index is 6.25. The Bertz CT molecular complexity index is 21.7. The number of hydrogen-bond donors (Lipinski definition) is 0. The third kappa shape index (κ3) is 548. The van der Waals surface area contributed by atoms with Crippen LogP contribution in [0, 0.1) is 11.8 Å². The van der Waals surface area contributed by atoms with E-state index in [4.69, 9.17) is 11.8 Å². The van der Waals surface area contributed by atoms with Crippen molar-refractivity contribution in [1.82, 2.24) is 0 Å². The first kappa shape index (κ1) is 221. The second kappa shape index (κ2) is 720. The van der Waals surface area contributed by atoms with Gasteiger partial charge < -0.3 is 39.2 Å². The van der Waals surface area contributed by atoms with Crippen molar-refractivity contribution < 1.29 is 75.5 Å². The normalized spacial score (nSPS) is 0.222. The van der Waals surface area contributed by atoms with E-state index in [1.807, 2.05) is 0 Å². The number of rotatable bonds is 0. The standard InChI is InChI=1S/CN.Na.3H2O.2O.V/c1-2;;;;;;;/h;;3*1H2;;;/q-1;+1;;;;2*-2;/p-1. The largest absolute Gasteiger partial charge is 2.00 e. The summed E-state index contributed by atoms with van der Waals surface area (Å²) in [6.07, 6.45) is 0. The Labute approximate surface area is 87.0 Å². The molecule has 0 aromatic carbocycles. The number of nitrogens with zero attached hydrogens (tertiary/aromatic N) is 1. The molecule has 6 nitrogen and oxygen atoms in total. The molecule has 0 fully saturated rings. The second-order valence-electron chi connectivity index (χ2n) is 0. The first-order valence-electron chi connectivity index (χ1n) is 0.224. The van der Waals surface area contributed by atoms with Crippen molar-refractivity contribution in [1.29, 1.82) is 5.26 Å². The quantitative estimate of drug-likeness (QED) is 0.271. The van der Waals surface area contributed by atoms with E-state index in [1.165, 1.54) is 0 Å². The fourth-order valence-corrected chi connectivity index (χ4v) is 0. The summed E-state index contributed by atoms with van der Waals surface area (Å²) in [4.78, 5) is 0. The van der Waals surface area contributed by atoms with Gasteiger partial charge in [-0.3, -0.25) is 0 Å². The fraction of sp³-hybridized carbons (Fsp3) is 0. The molecule has 0 atom stereocenters. The third-order valence-electron chi connectivity index (χ3n) is 0. The molecule has 9 heavy (non-hydrogen) atoms. The average Bonchev–Trinajstić information content (AvgIpc) is 1.00. The zero-order chi connectivity index (χ0) is 2.00. The molecule has 55 valence electrons. The van der Waals surface area contributed by atoms with Gasteiger partial charge in [0.15, 0.2) is 0 Å². The Hall–Kier alpha value is 0.874. The van der Waals surface area contributed by atoms with Gasteiger partial charge in [0, 0.05) is 18.6 Å². The Kier molecular flexibility index (Phi) is 17700. The second-order valence-corrected chi connectivity index (χ2v) is 0. The van der Waals surface area contributed by atoms with Gasteiger partial charge in [0.1, 0.15) is 0 Å². The summed E-state index contributed by atoms with van der Waals surface area (Å²) in [7, 11) is 0. The van der Waals surface area contributed by atoms with Crippen LogP contribution in [0.15, 0.2) is 0 Å². The molecule has 0 aromatic rings. The van der Waals surface area contributed by atoms with Crippen LogP contribution < -0.4 is 29.6 Å². The molecule has 0 aliphatic rings. The Morgan fingerprint density at radius 1 is 0.889 bits per heavy atom. The third-order valence-corrected chi connectivity index (χ3v) is 0. The van der Waals surface area contributed by atoms with Crippen molar-refractivity contribution in [3.63, 3.8) is 0 Å². The Morgan fingerprint density at radius 3 is 0.889 bits per heavy atom. The fourth-order valence-electron chi connectivity index (χ4n) is 0. The summed E-state index contributed by atoms with van der Waals surface area (Å²) in [6.45, 7) is 4.75. The Balaban J connectivity index is -0.000000000238. The molecule has 0 aromatic heterocycles. The van der Waals surface area contributed by atoms with Gasteiger partial charge in [-0.2, -0.15) is 0 Å². The maximum atomic E-state index is 6.25. The monoisotopic (exact) mass is 185 g/mol.